The number of carbonyl (C=O) groups is 1. The van der Waals surface area contributed by atoms with Gasteiger partial charge in [0, 0.05) is 38.4 Å². The fraction of sp³-hybridized carbons (Fsp3) is 0.500. The molecule has 1 N–H and O–H groups in total. The van der Waals surface area contributed by atoms with Crippen LogP contribution in [0.15, 0.2) is 38.8 Å². The van der Waals surface area contributed by atoms with Crippen LogP contribution in [-0.4, -0.2) is 72.1 Å². The Bertz CT molecular complexity index is 937. The molecule has 11 heteroatoms. The molecular formula is C18H25N5O4S2. The van der Waals surface area contributed by atoms with Gasteiger partial charge in [-0.1, -0.05) is 23.8 Å². The van der Waals surface area contributed by atoms with Crippen molar-refractivity contribution in [1.29, 1.82) is 0 Å². The number of aryl methyl sites for hydroxylation is 1. The molecule has 0 bridgehead atoms. The van der Waals surface area contributed by atoms with Gasteiger partial charge < -0.3 is 14.7 Å². The van der Waals surface area contributed by atoms with E-state index in [2.05, 4.69) is 20.4 Å². The number of nitrogens with zero attached hydrogens (tertiary/aromatic N) is 4. The Morgan fingerprint density at radius 2 is 2.03 bits per heavy atom. The van der Waals surface area contributed by atoms with Gasteiger partial charge in [-0.2, -0.15) is 4.31 Å². The van der Waals surface area contributed by atoms with Crippen molar-refractivity contribution in [1.82, 2.24) is 19.3 Å². The Hall–Kier alpha value is -1.95. The van der Waals surface area contributed by atoms with E-state index >= 15 is 0 Å². The number of thioether (sulfide) groups is 1. The monoisotopic (exact) mass is 439 g/mol. The van der Waals surface area contributed by atoms with Crippen molar-refractivity contribution < 1.29 is 17.7 Å². The third kappa shape index (κ3) is 5.35. The summed E-state index contributed by atoms with van der Waals surface area (Å²) < 4.78 is 32.0. The summed E-state index contributed by atoms with van der Waals surface area (Å²) >= 11 is 1.28. The molecular weight excluding hydrogens is 414 g/mol. The Morgan fingerprint density at radius 1 is 1.31 bits per heavy atom. The van der Waals surface area contributed by atoms with Crippen LogP contribution >= 0.6 is 11.8 Å². The summed E-state index contributed by atoms with van der Waals surface area (Å²) in [6, 6.07) is 4.84. The fourth-order valence-corrected chi connectivity index (χ4v) is 5.12. The zero-order valence-corrected chi connectivity index (χ0v) is 18.3. The van der Waals surface area contributed by atoms with Crippen LogP contribution in [-0.2, 0) is 14.8 Å². The molecule has 29 heavy (non-hydrogen) atoms. The van der Waals surface area contributed by atoms with Gasteiger partial charge in [-0.25, -0.2) is 13.4 Å². The largest absolute Gasteiger partial charge is 0.360 e. The molecule has 1 aliphatic rings. The van der Waals surface area contributed by atoms with E-state index < -0.39 is 10.0 Å². The molecule has 1 amide bonds. The molecule has 3 heterocycles. The molecule has 1 saturated heterocycles. The SMILES string of the molecule is CCC(Sc1ccc(S(=O)(=O)N2CCN(C)CC2)cn1)C(=O)Nc1cc(C)on1. The lowest BCUT2D eigenvalue weighted by molar-refractivity contribution is -0.115. The molecule has 1 atom stereocenters. The van der Waals surface area contributed by atoms with E-state index in [4.69, 9.17) is 4.52 Å². The van der Waals surface area contributed by atoms with Gasteiger partial charge in [0.25, 0.3) is 0 Å². The molecule has 0 aromatic carbocycles. The molecule has 0 radical (unpaired) electrons. The molecule has 0 aliphatic carbocycles. The average Bonchev–Trinajstić information content (AvgIpc) is 3.11. The minimum atomic E-state index is -3.55. The lowest BCUT2D eigenvalue weighted by Gasteiger charge is -2.31. The zero-order valence-electron chi connectivity index (χ0n) is 16.7. The molecule has 1 unspecified atom stereocenters. The first kappa shape index (κ1) is 21.8. The molecule has 1 aliphatic heterocycles. The molecule has 3 rings (SSSR count). The molecule has 0 saturated carbocycles. The lowest BCUT2D eigenvalue weighted by atomic mass is 10.3. The van der Waals surface area contributed by atoms with Crippen LogP contribution in [0, 0.1) is 6.92 Å². The first-order chi connectivity index (χ1) is 13.8. The normalized spacial score (nSPS) is 17.2. The van der Waals surface area contributed by atoms with Crippen molar-refractivity contribution in [2.45, 2.75) is 35.4 Å². The summed E-state index contributed by atoms with van der Waals surface area (Å²) in [5.41, 5.74) is 0. The molecule has 9 nitrogen and oxygen atoms in total. The maximum absolute atomic E-state index is 12.8. The van der Waals surface area contributed by atoms with E-state index in [0.717, 1.165) is 0 Å². The molecule has 1 fully saturated rings. The minimum absolute atomic E-state index is 0.168. The third-order valence-corrected chi connectivity index (χ3v) is 7.81. The van der Waals surface area contributed by atoms with Gasteiger partial charge in [0.2, 0.25) is 15.9 Å². The maximum atomic E-state index is 12.8. The zero-order chi connectivity index (χ0) is 21.0. The lowest BCUT2D eigenvalue weighted by Crippen LogP contribution is -2.47. The number of amides is 1. The van der Waals surface area contributed by atoms with E-state index in [1.165, 1.54) is 22.3 Å². The van der Waals surface area contributed by atoms with Crippen LogP contribution in [0.5, 0.6) is 0 Å². The van der Waals surface area contributed by atoms with E-state index in [1.807, 2.05) is 14.0 Å². The van der Waals surface area contributed by atoms with Crippen LogP contribution in [0.25, 0.3) is 0 Å². The number of carbonyl (C=O) groups excluding carboxylic acids is 1. The molecule has 2 aromatic rings. The van der Waals surface area contributed by atoms with Crippen LogP contribution in [0.2, 0.25) is 0 Å². The number of nitrogens with one attached hydrogen (secondary N) is 1. The summed E-state index contributed by atoms with van der Waals surface area (Å²) in [6.45, 7) is 6.00. The highest BCUT2D eigenvalue weighted by Crippen LogP contribution is 2.26. The highest BCUT2D eigenvalue weighted by Gasteiger charge is 2.28. The van der Waals surface area contributed by atoms with Crippen molar-refractivity contribution in [3.63, 3.8) is 0 Å². The van der Waals surface area contributed by atoms with Crippen LogP contribution < -0.4 is 5.32 Å². The Labute approximate surface area is 174 Å². The van der Waals surface area contributed by atoms with Crippen LogP contribution in [0.1, 0.15) is 19.1 Å². The molecule has 158 valence electrons. The summed E-state index contributed by atoms with van der Waals surface area (Å²) in [5.74, 6) is 0.773. The summed E-state index contributed by atoms with van der Waals surface area (Å²) in [7, 11) is -1.58. The smallest absolute Gasteiger partial charge is 0.244 e. The third-order valence-electron chi connectivity index (χ3n) is 4.61. The number of piperazine rings is 1. The topological polar surface area (TPSA) is 109 Å². The van der Waals surface area contributed by atoms with Crippen molar-refractivity contribution in [3.05, 3.63) is 30.2 Å². The number of likely N-dealkylation sites (N-methyl/N-ethyl adjacent to an activating group) is 1. The minimum Gasteiger partial charge on any atom is -0.360 e. The summed E-state index contributed by atoms with van der Waals surface area (Å²) in [6.07, 6.45) is 1.94. The number of rotatable bonds is 7. The highest BCUT2D eigenvalue weighted by atomic mass is 32.2. The fourth-order valence-electron chi connectivity index (χ4n) is 2.87. The van der Waals surface area contributed by atoms with Gasteiger partial charge in [0.15, 0.2) is 5.82 Å². The summed E-state index contributed by atoms with van der Waals surface area (Å²) in [4.78, 5) is 19.0. The predicted octanol–water partition coefficient (Wildman–Crippen LogP) is 1.82. The second kappa shape index (κ2) is 9.24. The Morgan fingerprint density at radius 3 is 2.59 bits per heavy atom. The number of hydrogen-bond donors (Lipinski definition) is 1. The van der Waals surface area contributed by atoms with E-state index in [-0.39, 0.29) is 16.1 Å². The number of aromatic nitrogens is 2. The Balaban J connectivity index is 1.65. The first-order valence-corrected chi connectivity index (χ1v) is 11.7. The maximum Gasteiger partial charge on any atom is 0.244 e. The van der Waals surface area contributed by atoms with Crippen molar-refractivity contribution in [2.75, 3.05) is 38.5 Å². The standard InChI is InChI=1S/C18H25N5O4S2/c1-4-15(18(24)20-16-11-13(2)27-21-16)28-17-6-5-14(12-19-17)29(25,26)23-9-7-22(3)8-10-23/h5-6,11-12,15H,4,7-10H2,1-3H3,(H,20,21,24). The first-order valence-electron chi connectivity index (χ1n) is 9.35. The highest BCUT2D eigenvalue weighted by molar-refractivity contribution is 8.00. The van der Waals surface area contributed by atoms with Crippen LogP contribution in [0.4, 0.5) is 5.82 Å². The molecule has 0 spiro atoms. The van der Waals surface area contributed by atoms with Gasteiger partial charge in [-0.15, -0.1) is 0 Å². The predicted molar refractivity (Wildman–Crippen MR) is 110 cm³/mol. The quantitative estimate of drug-likeness (QED) is 0.651. The number of hydrogen-bond acceptors (Lipinski definition) is 8. The van der Waals surface area contributed by atoms with Gasteiger partial charge >= 0.3 is 0 Å². The van der Waals surface area contributed by atoms with Crippen LogP contribution in [0.3, 0.4) is 0 Å². The van der Waals surface area contributed by atoms with Gasteiger partial charge in [-0.05, 0) is 32.5 Å². The molecule has 2 aromatic heterocycles. The van der Waals surface area contributed by atoms with E-state index in [9.17, 15) is 13.2 Å². The van der Waals surface area contributed by atoms with Crippen molar-refractivity contribution in [2.24, 2.45) is 0 Å². The second-order valence-electron chi connectivity index (χ2n) is 6.87. The summed E-state index contributed by atoms with van der Waals surface area (Å²) in [5, 5.41) is 6.67. The van der Waals surface area contributed by atoms with Gasteiger partial charge in [0.05, 0.1) is 10.3 Å². The van der Waals surface area contributed by atoms with Gasteiger partial charge in [0.1, 0.15) is 10.7 Å². The van der Waals surface area contributed by atoms with Crippen molar-refractivity contribution >= 4 is 33.5 Å². The van der Waals surface area contributed by atoms with Crippen molar-refractivity contribution in [3.8, 4) is 0 Å². The number of pyridine rings is 1. The van der Waals surface area contributed by atoms with E-state index in [1.54, 1.807) is 25.1 Å². The number of anilines is 1. The Kier molecular flexibility index (Phi) is 6.93. The average molecular weight is 440 g/mol. The number of sulfonamides is 1. The second-order valence-corrected chi connectivity index (χ2v) is 10.0. The van der Waals surface area contributed by atoms with E-state index in [0.29, 0.717) is 49.2 Å². The van der Waals surface area contributed by atoms with Gasteiger partial charge in [-0.3, -0.25) is 4.79 Å².